The maximum Gasteiger partial charge on any atom is 0.389 e. The van der Waals surface area contributed by atoms with Crippen molar-refractivity contribution < 1.29 is 22.7 Å². The van der Waals surface area contributed by atoms with Crippen molar-refractivity contribution in [2.24, 2.45) is 0 Å². The van der Waals surface area contributed by atoms with Gasteiger partial charge in [-0.25, -0.2) is 0 Å². The first-order chi connectivity index (χ1) is 13.9. The number of amides is 1. The first-order valence-electron chi connectivity index (χ1n) is 9.70. The molecule has 0 bridgehead atoms. The molecule has 0 aliphatic carbocycles. The summed E-state index contributed by atoms with van der Waals surface area (Å²) >= 11 is 0. The molecule has 156 valence electrons. The van der Waals surface area contributed by atoms with Crippen molar-refractivity contribution in [1.29, 1.82) is 0 Å². The third-order valence-electron chi connectivity index (χ3n) is 4.81. The maximum atomic E-state index is 12.7. The minimum absolute atomic E-state index is 0.00760. The molecule has 1 amide bonds. The van der Waals surface area contributed by atoms with Crippen molar-refractivity contribution in [3.63, 3.8) is 0 Å². The Morgan fingerprint density at radius 2 is 1.97 bits per heavy atom. The number of nitrogens with one attached hydrogen (secondary N) is 1. The van der Waals surface area contributed by atoms with Crippen molar-refractivity contribution in [3.05, 3.63) is 48.8 Å². The van der Waals surface area contributed by atoms with Gasteiger partial charge in [0.2, 0.25) is 5.91 Å². The van der Waals surface area contributed by atoms with Gasteiger partial charge in [-0.1, -0.05) is 6.42 Å². The van der Waals surface area contributed by atoms with Crippen LogP contribution in [0.5, 0.6) is 11.5 Å². The Hall–Kier alpha value is -2.61. The van der Waals surface area contributed by atoms with Gasteiger partial charge in [-0.05, 0) is 68.8 Å². The van der Waals surface area contributed by atoms with Crippen LogP contribution < -0.4 is 10.1 Å². The summed E-state index contributed by atoms with van der Waals surface area (Å²) in [6.07, 6.45) is 0.731. The van der Waals surface area contributed by atoms with Gasteiger partial charge in [0.1, 0.15) is 11.5 Å². The van der Waals surface area contributed by atoms with Crippen molar-refractivity contribution in [2.45, 2.75) is 44.3 Å². The Kier molecular flexibility index (Phi) is 7.09. The van der Waals surface area contributed by atoms with E-state index in [2.05, 4.69) is 10.3 Å². The van der Waals surface area contributed by atoms with Crippen LogP contribution in [0.3, 0.4) is 0 Å². The molecule has 1 atom stereocenters. The van der Waals surface area contributed by atoms with Gasteiger partial charge < -0.3 is 10.1 Å². The fraction of sp³-hybridized carbons (Fsp3) is 0.429. The summed E-state index contributed by atoms with van der Waals surface area (Å²) < 4.78 is 42.9. The lowest BCUT2D eigenvalue weighted by Crippen LogP contribution is -2.47. The fourth-order valence-corrected chi connectivity index (χ4v) is 3.41. The highest BCUT2D eigenvalue weighted by Gasteiger charge is 2.31. The number of anilines is 1. The summed E-state index contributed by atoms with van der Waals surface area (Å²) in [5.74, 6) is 1.04. The van der Waals surface area contributed by atoms with Crippen LogP contribution in [-0.4, -0.2) is 41.1 Å². The number of likely N-dealkylation sites (tertiary alicyclic amines) is 1. The highest BCUT2D eigenvalue weighted by atomic mass is 19.4. The van der Waals surface area contributed by atoms with Gasteiger partial charge in [-0.2, -0.15) is 13.2 Å². The van der Waals surface area contributed by atoms with Crippen LogP contribution in [0.2, 0.25) is 0 Å². The number of aromatic nitrogens is 1. The normalized spacial score (nSPS) is 17.7. The molecule has 1 fully saturated rings. The van der Waals surface area contributed by atoms with Gasteiger partial charge in [0, 0.05) is 18.3 Å². The topological polar surface area (TPSA) is 54.5 Å². The highest BCUT2D eigenvalue weighted by Crippen LogP contribution is 2.25. The van der Waals surface area contributed by atoms with Crippen LogP contribution in [0, 0.1) is 0 Å². The van der Waals surface area contributed by atoms with Gasteiger partial charge in [-0.3, -0.25) is 14.7 Å². The molecule has 0 radical (unpaired) electrons. The van der Waals surface area contributed by atoms with E-state index in [1.54, 1.807) is 48.8 Å². The van der Waals surface area contributed by atoms with Gasteiger partial charge in [-0.15, -0.1) is 0 Å². The van der Waals surface area contributed by atoms with E-state index in [0.29, 0.717) is 30.2 Å². The van der Waals surface area contributed by atoms with E-state index in [0.717, 1.165) is 12.8 Å². The molecule has 29 heavy (non-hydrogen) atoms. The molecule has 1 saturated heterocycles. The third kappa shape index (κ3) is 6.74. The quantitative estimate of drug-likeness (QED) is 0.701. The molecular weight excluding hydrogens is 383 g/mol. The number of piperidine rings is 1. The monoisotopic (exact) mass is 407 g/mol. The summed E-state index contributed by atoms with van der Waals surface area (Å²) in [6, 6.07) is 10.1. The standard InChI is InChI=1S/C21H24F3N3O2/c22-21(23,24)11-4-14-27-13-2-1-6-19(27)20(28)26-16-7-9-17(10-8-16)29-18-5-3-12-25-15-18/h3,5,7-10,12,15,19H,1-2,4,6,11,13-14H2,(H,26,28). The van der Waals surface area contributed by atoms with E-state index in [1.807, 2.05) is 4.90 Å². The van der Waals surface area contributed by atoms with Crippen LogP contribution in [0.4, 0.5) is 18.9 Å². The summed E-state index contributed by atoms with van der Waals surface area (Å²) in [5.41, 5.74) is 0.620. The first-order valence-corrected chi connectivity index (χ1v) is 9.70. The second-order valence-corrected chi connectivity index (χ2v) is 7.07. The van der Waals surface area contributed by atoms with Gasteiger partial charge in [0.05, 0.1) is 12.2 Å². The number of carbonyl (C=O) groups excluding carboxylic acids is 1. The SMILES string of the molecule is O=C(Nc1ccc(Oc2cccnc2)cc1)C1CCCCN1CCCC(F)(F)F. The summed E-state index contributed by atoms with van der Waals surface area (Å²) in [4.78, 5) is 18.5. The van der Waals surface area contributed by atoms with Crippen LogP contribution in [-0.2, 0) is 4.79 Å². The lowest BCUT2D eigenvalue weighted by Gasteiger charge is -2.34. The molecule has 1 aromatic heterocycles. The summed E-state index contributed by atoms with van der Waals surface area (Å²) in [5, 5.41) is 2.87. The summed E-state index contributed by atoms with van der Waals surface area (Å²) in [6.45, 7) is 0.920. The second kappa shape index (κ2) is 9.73. The zero-order valence-electron chi connectivity index (χ0n) is 16.0. The lowest BCUT2D eigenvalue weighted by atomic mass is 10.0. The zero-order valence-corrected chi connectivity index (χ0v) is 16.0. The van der Waals surface area contributed by atoms with Gasteiger partial charge >= 0.3 is 6.18 Å². The number of hydrogen-bond donors (Lipinski definition) is 1. The van der Waals surface area contributed by atoms with E-state index in [1.165, 1.54) is 0 Å². The van der Waals surface area contributed by atoms with E-state index in [-0.39, 0.29) is 18.9 Å². The van der Waals surface area contributed by atoms with Crippen molar-refractivity contribution in [3.8, 4) is 11.5 Å². The van der Waals surface area contributed by atoms with Crippen LogP contribution in [0.1, 0.15) is 32.1 Å². The Balaban J connectivity index is 1.54. The predicted molar refractivity (Wildman–Crippen MR) is 104 cm³/mol. The van der Waals surface area contributed by atoms with Crippen LogP contribution >= 0.6 is 0 Å². The largest absolute Gasteiger partial charge is 0.456 e. The molecule has 2 heterocycles. The van der Waals surface area contributed by atoms with Crippen LogP contribution in [0.15, 0.2) is 48.8 Å². The molecule has 1 aliphatic rings. The Morgan fingerprint density at radius 1 is 1.17 bits per heavy atom. The van der Waals surface area contributed by atoms with E-state index in [9.17, 15) is 18.0 Å². The number of ether oxygens (including phenoxy) is 1. The molecule has 1 aromatic carbocycles. The van der Waals surface area contributed by atoms with Gasteiger partial charge in [0.15, 0.2) is 0 Å². The number of halogens is 3. The first kappa shape index (κ1) is 21.1. The van der Waals surface area contributed by atoms with Crippen molar-refractivity contribution in [1.82, 2.24) is 9.88 Å². The van der Waals surface area contributed by atoms with E-state index >= 15 is 0 Å². The Labute approximate surface area is 167 Å². The zero-order chi connectivity index (χ0) is 20.7. The number of rotatable bonds is 7. The number of benzene rings is 1. The molecule has 0 spiro atoms. The van der Waals surface area contributed by atoms with Crippen molar-refractivity contribution >= 4 is 11.6 Å². The number of nitrogens with zero attached hydrogens (tertiary/aromatic N) is 2. The highest BCUT2D eigenvalue weighted by molar-refractivity contribution is 5.94. The van der Waals surface area contributed by atoms with Gasteiger partial charge in [0.25, 0.3) is 0 Å². The van der Waals surface area contributed by atoms with Crippen molar-refractivity contribution in [2.75, 3.05) is 18.4 Å². The van der Waals surface area contributed by atoms with Crippen LogP contribution in [0.25, 0.3) is 0 Å². The molecule has 1 unspecified atom stereocenters. The molecule has 3 rings (SSSR count). The number of hydrogen-bond acceptors (Lipinski definition) is 4. The summed E-state index contributed by atoms with van der Waals surface area (Å²) in [7, 11) is 0. The lowest BCUT2D eigenvalue weighted by molar-refractivity contribution is -0.137. The Morgan fingerprint density at radius 3 is 2.66 bits per heavy atom. The average molecular weight is 407 g/mol. The third-order valence-corrected chi connectivity index (χ3v) is 4.81. The molecular formula is C21H24F3N3O2. The number of alkyl halides is 3. The van der Waals surface area contributed by atoms with E-state index in [4.69, 9.17) is 4.74 Å². The van der Waals surface area contributed by atoms with E-state index < -0.39 is 18.6 Å². The fourth-order valence-electron chi connectivity index (χ4n) is 3.41. The second-order valence-electron chi connectivity index (χ2n) is 7.07. The molecule has 0 saturated carbocycles. The molecule has 1 N–H and O–H groups in total. The molecule has 1 aliphatic heterocycles. The average Bonchev–Trinajstić information content (AvgIpc) is 2.70. The molecule has 5 nitrogen and oxygen atoms in total. The number of pyridine rings is 1. The molecule has 8 heteroatoms. The predicted octanol–water partition coefficient (Wildman–Crippen LogP) is 5.01. The maximum absolute atomic E-state index is 12.7. The number of carbonyl (C=O) groups is 1. The smallest absolute Gasteiger partial charge is 0.389 e. The molecule has 2 aromatic rings. The minimum Gasteiger partial charge on any atom is -0.456 e. The minimum atomic E-state index is -4.16. The Bertz CT molecular complexity index is 782.